The first-order chi connectivity index (χ1) is 7.79. The van der Waals surface area contributed by atoms with Crippen molar-refractivity contribution in [2.45, 2.75) is 0 Å². The highest BCUT2D eigenvalue weighted by atomic mass is 16.4. The van der Waals surface area contributed by atoms with Crippen LogP contribution in [0, 0.1) is 0 Å². The van der Waals surface area contributed by atoms with E-state index in [1.54, 1.807) is 23.5 Å². The highest BCUT2D eigenvalue weighted by Gasteiger charge is 2.35. The van der Waals surface area contributed by atoms with Gasteiger partial charge in [0.2, 0.25) is 0 Å². The number of aliphatic imine (C=N–C) groups is 1. The van der Waals surface area contributed by atoms with Crippen LogP contribution in [0.4, 0.5) is 10.5 Å². The number of hydrogen-bond donors (Lipinski definition) is 1. The summed E-state index contributed by atoms with van der Waals surface area (Å²) in [5.41, 5.74) is 2.43. The molecular formula is C11H9N3O2. The number of nitrogens with zero attached hydrogens (tertiary/aromatic N) is 3. The van der Waals surface area contributed by atoms with Crippen molar-refractivity contribution in [3.8, 4) is 0 Å². The van der Waals surface area contributed by atoms with E-state index >= 15 is 0 Å². The molecule has 2 aliphatic heterocycles. The van der Waals surface area contributed by atoms with Gasteiger partial charge in [-0.05, 0) is 6.07 Å². The predicted molar refractivity (Wildman–Crippen MR) is 60.1 cm³/mol. The van der Waals surface area contributed by atoms with E-state index in [0.717, 1.165) is 11.3 Å². The van der Waals surface area contributed by atoms with E-state index in [4.69, 9.17) is 0 Å². The minimum Gasteiger partial charge on any atom is -0.463 e. The minimum absolute atomic E-state index is 0.479. The normalized spacial score (nSPS) is 16.9. The Bertz CT molecular complexity index is 522. The Morgan fingerprint density at radius 3 is 3.00 bits per heavy atom. The number of hydrogen-bond acceptors (Lipinski definition) is 3. The van der Waals surface area contributed by atoms with Gasteiger partial charge in [-0.25, -0.2) is 4.79 Å². The van der Waals surface area contributed by atoms with Crippen LogP contribution in [0.1, 0.15) is 5.56 Å². The van der Waals surface area contributed by atoms with Gasteiger partial charge in [0.15, 0.2) is 0 Å². The van der Waals surface area contributed by atoms with E-state index in [-0.39, 0.29) is 0 Å². The van der Waals surface area contributed by atoms with Gasteiger partial charge in [0, 0.05) is 11.8 Å². The highest BCUT2D eigenvalue weighted by Crippen LogP contribution is 2.39. The maximum atomic E-state index is 11.2. The van der Waals surface area contributed by atoms with Crippen LogP contribution in [0.2, 0.25) is 0 Å². The molecule has 1 amide bonds. The minimum atomic E-state index is -0.980. The van der Waals surface area contributed by atoms with Gasteiger partial charge in [-0.1, -0.05) is 18.2 Å². The lowest BCUT2D eigenvalue weighted by molar-refractivity contribution is 0.189. The SMILES string of the molecule is O=C(O)N1c2ccccc2C2=CN=CCN21. The topological polar surface area (TPSA) is 56.1 Å². The van der Waals surface area contributed by atoms with Gasteiger partial charge in [0.1, 0.15) is 0 Å². The van der Waals surface area contributed by atoms with E-state index in [2.05, 4.69) is 4.99 Å². The van der Waals surface area contributed by atoms with Gasteiger partial charge in [0.25, 0.3) is 0 Å². The van der Waals surface area contributed by atoms with Crippen LogP contribution < -0.4 is 5.01 Å². The molecule has 16 heavy (non-hydrogen) atoms. The van der Waals surface area contributed by atoms with Crippen molar-refractivity contribution >= 4 is 23.7 Å². The zero-order chi connectivity index (χ0) is 11.1. The third kappa shape index (κ3) is 1.05. The highest BCUT2D eigenvalue weighted by molar-refractivity contribution is 5.97. The molecule has 1 aromatic carbocycles. The molecule has 0 saturated heterocycles. The first kappa shape index (κ1) is 8.96. The second kappa shape index (κ2) is 3.10. The summed E-state index contributed by atoms with van der Waals surface area (Å²) in [5.74, 6) is 0. The Kier molecular flexibility index (Phi) is 1.73. The zero-order valence-corrected chi connectivity index (χ0v) is 8.37. The van der Waals surface area contributed by atoms with E-state index in [1.807, 2.05) is 18.2 Å². The molecular weight excluding hydrogens is 206 g/mol. The third-order valence-electron chi connectivity index (χ3n) is 2.67. The summed E-state index contributed by atoms with van der Waals surface area (Å²) >= 11 is 0. The van der Waals surface area contributed by atoms with Crippen LogP contribution >= 0.6 is 0 Å². The standard InChI is InChI=1S/C11H9N3O2/c15-11(16)14-9-4-2-1-3-8(9)10-7-12-5-6-13(10)14/h1-5,7H,6H2,(H,15,16). The Balaban J connectivity index is 2.21. The van der Waals surface area contributed by atoms with Crippen LogP contribution in [0.3, 0.4) is 0 Å². The molecule has 2 aliphatic rings. The van der Waals surface area contributed by atoms with Crippen LogP contribution in [0.5, 0.6) is 0 Å². The number of benzene rings is 1. The van der Waals surface area contributed by atoms with Crippen LogP contribution in [0.25, 0.3) is 5.70 Å². The molecule has 0 radical (unpaired) electrons. The van der Waals surface area contributed by atoms with Crippen molar-refractivity contribution in [1.82, 2.24) is 5.01 Å². The molecule has 0 fully saturated rings. The van der Waals surface area contributed by atoms with E-state index in [9.17, 15) is 9.90 Å². The molecule has 0 aromatic heterocycles. The van der Waals surface area contributed by atoms with Crippen LogP contribution in [-0.2, 0) is 0 Å². The summed E-state index contributed by atoms with van der Waals surface area (Å²) in [6.07, 6.45) is 2.39. The monoisotopic (exact) mass is 215 g/mol. The number of carboxylic acid groups (broad SMARTS) is 1. The van der Waals surface area contributed by atoms with E-state index in [0.29, 0.717) is 12.2 Å². The van der Waals surface area contributed by atoms with Crippen LogP contribution in [-0.4, -0.2) is 29.0 Å². The van der Waals surface area contributed by atoms with Gasteiger partial charge in [-0.15, -0.1) is 0 Å². The molecule has 0 aliphatic carbocycles. The molecule has 0 spiro atoms. The fourth-order valence-electron chi connectivity index (χ4n) is 2.02. The number of anilines is 1. The lowest BCUT2D eigenvalue weighted by atomic mass is 10.1. The molecule has 80 valence electrons. The molecule has 0 unspecified atom stereocenters. The zero-order valence-electron chi connectivity index (χ0n) is 8.37. The third-order valence-corrected chi connectivity index (χ3v) is 2.67. The van der Waals surface area contributed by atoms with Crippen molar-refractivity contribution in [2.24, 2.45) is 4.99 Å². The largest absolute Gasteiger partial charge is 0.463 e. The summed E-state index contributed by atoms with van der Waals surface area (Å²) in [6.45, 7) is 0.479. The molecule has 5 nitrogen and oxygen atoms in total. The quantitative estimate of drug-likeness (QED) is 0.717. The summed E-state index contributed by atoms with van der Waals surface area (Å²) < 4.78 is 0. The first-order valence-electron chi connectivity index (χ1n) is 4.91. The average molecular weight is 215 g/mol. The molecule has 1 N–H and O–H groups in total. The molecule has 3 rings (SSSR count). The second-order valence-corrected chi connectivity index (χ2v) is 3.54. The maximum absolute atomic E-state index is 11.2. The summed E-state index contributed by atoms with van der Waals surface area (Å²) in [6, 6.07) is 7.41. The fourth-order valence-corrected chi connectivity index (χ4v) is 2.02. The molecule has 0 bridgehead atoms. The maximum Gasteiger partial charge on any atom is 0.431 e. The lowest BCUT2D eigenvalue weighted by Crippen LogP contribution is -2.42. The number of amides is 1. The summed E-state index contributed by atoms with van der Waals surface area (Å²) in [7, 11) is 0. The molecule has 5 heteroatoms. The number of carbonyl (C=O) groups is 1. The van der Waals surface area contributed by atoms with Gasteiger partial charge in [-0.3, -0.25) is 10.0 Å². The molecule has 0 saturated carbocycles. The van der Waals surface area contributed by atoms with Gasteiger partial charge in [0.05, 0.1) is 24.1 Å². The van der Waals surface area contributed by atoms with E-state index in [1.165, 1.54) is 5.01 Å². The van der Waals surface area contributed by atoms with Crippen molar-refractivity contribution in [1.29, 1.82) is 0 Å². The number of rotatable bonds is 0. The number of hydrazine groups is 1. The Hall–Kier alpha value is -2.30. The first-order valence-corrected chi connectivity index (χ1v) is 4.91. The van der Waals surface area contributed by atoms with Gasteiger partial charge >= 0.3 is 6.09 Å². The number of para-hydroxylation sites is 1. The van der Waals surface area contributed by atoms with Crippen LogP contribution in [0.15, 0.2) is 35.5 Å². The van der Waals surface area contributed by atoms with Gasteiger partial charge < -0.3 is 5.11 Å². The van der Waals surface area contributed by atoms with Crippen molar-refractivity contribution < 1.29 is 9.90 Å². The number of fused-ring (bicyclic) bond motifs is 3. The lowest BCUT2D eigenvalue weighted by Gasteiger charge is -2.27. The van der Waals surface area contributed by atoms with Crippen molar-refractivity contribution in [3.63, 3.8) is 0 Å². The van der Waals surface area contributed by atoms with Gasteiger partial charge in [-0.2, -0.15) is 5.01 Å². The second-order valence-electron chi connectivity index (χ2n) is 3.54. The summed E-state index contributed by atoms with van der Waals surface area (Å²) in [5, 5.41) is 12.2. The molecule has 0 atom stereocenters. The Morgan fingerprint density at radius 2 is 2.19 bits per heavy atom. The summed E-state index contributed by atoms with van der Waals surface area (Å²) in [4.78, 5) is 15.3. The Labute approximate surface area is 91.9 Å². The van der Waals surface area contributed by atoms with Crippen molar-refractivity contribution in [2.75, 3.05) is 11.6 Å². The average Bonchev–Trinajstić information content (AvgIpc) is 2.63. The fraction of sp³-hybridized carbons (Fsp3) is 0.0909. The smallest absolute Gasteiger partial charge is 0.431 e. The van der Waals surface area contributed by atoms with Crippen molar-refractivity contribution in [3.05, 3.63) is 36.0 Å². The van der Waals surface area contributed by atoms with E-state index < -0.39 is 6.09 Å². The Morgan fingerprint density at radius 1 is 1.38 bits per heavy atom. The molecule has 2 heterocycles. The molecule has 1 aromatic rings. The predicted octanol–water partition coefficient (Wildman–Crippen LogP) is 1.78.